The van der Waals surface area contributed by atoms with E-state index in [1.165, 1.54) is 31.3 Å². The molecule has 1 aliphatic heterocycles. The zero-order valence-electron chi connectivity index (χ0n) is 20.5. The summed E-state index contributed by atoms with van der Waals surface area (Å²) in [5, 5.41) is 11.3. The minimum atomic E-state index is 0.162. The average Bonchev–Trinajstić information content (AvgIpc) is 3.16. The van der Waals surface area contributed by atoms with Crippen molar-refractivity contribution in [3.63, 3.8) is 0 Å². The number of benzene rings is 1. The van der Waals surface area contributed by atoms with Gasteiger partial charge < -0.3 is 5.32 Å². The van der Waals surface area contributed by atoms with E-state index in [1.807, 2.05) is 50.2 Å². The number of hydrogen-bond donors (Lipinski definition) is 2. The quantitative estimate of drug-likeness (QED) is 0.360. The molecule has 0 spiro atoms. The number of Topliss-reactive ketones (excluding diaryl/α,β-unsaturated/α-hetero) is 1. The Balaban J connectivity index is 1.51. The number of ketones is 1. The van der Waals surface area contributed by atoms with Crippen LogP contribution < -0.4 is 5.32 Å². The molecule has 180 valence electrons. The van der Waals surface area contributed by atoms with E-state index in [1.54, 1.807) is 0 Å². The number of aromatic amines is 1. The molecule has 1 fully saturated rings. The Morgan fingerprint density at radius 3 is 2.53 bits per heavy atom. The minimum Gasteiger partial charge on any atom is -0.323 e. The maximum Gasteiger partial charge on any atom is 0.194 e. The van der Waals surface area contributed by atoms with Gasteiger partial charge in [0.05, 0.1) is 0 Å². The Labute approximate surface area is 206 Å². The van der Waals surface area contributed by atoms with Crippen LogP contribution in [0.4, 0.5) is 11.6 Å². The number of nitrogens with zero attached hydrogens (tertiary/aromatic N) is 4. The molecular formula is C26H34N6OS. The van der Waals surface area contributed by atoms with E-state index in [0.29, 0.717) is 18.0 Å². The first-order valence-corrected chi connectivity index (χ1v) is 12.8. The van der Waals surface area contributed by atoms with Crippen LogP contribution in [0, 0.1) is 6.92 Å². The van der Waals surface area contributed by atoms with Crippen molar-refractivity contribution in [3.8, 4) is 0 Å². The van der Waals surface area contributed by atoms with Gasteiger partial charge in [-0.25, -0.2) is 9.97 Å². The van der Waals surface area contributed by atoms with Gasteiger partial charge in [-0.05, 0) is 82.6 Å². The van der Waals surface area contributed by atoms with E-state index in [0.717, 1.165) is 46.3 Å². The van der Waals surface area contributed by atoms with Crippen LogP contribution in [0.5, 0.6) is 0 Å². The molecule has 3 heterocycles. The van der Waals surface area contributed by atoms with E-state index in [2.05, 4.69) is 34.3 Å². The van der Waals surface area contributed by atoms with Gasteiger partial charge in [-0.1, -0.05) is 19.1 Å². The van der Waals surface area contributed by atoms with Crippen LogP contribution in [-0.2, 0) is 17.6 Å². The zero-order valence-corrected chi connectivity index (χ0v) is 21.3. The first-order valence-electron chi connectivity index (χ1n) is 12.0. The number of anilines is 2. The lowest BCUT2D eigenvalue weighted by molar-refractivity contribution is -0.118. The minimum absolute atomic E-state index is 0.162. The molecule has 0 atom stereocenters. The van der Waals surface area contributed by atoms with E-state index < -0.39 is 0 Å². The fourth-order valence-corrected chi connectivity index (χ4v) is 4.76. The molecule has 1 aliphatic rings. The average molecular weight is 479 g/mol. The van der Waals surface area contributed by atoms with Crippen LogP contribution in [0.1, 0.15) is 57.0 Å². The highest BCUT2D eigenvalue weighted by molar-refractivity contribution is 7.99. The number of nitrogens with one attached hydrogen (secondary N) is 2. The van der Waals surface area contributed by atoms with Crippen molar-refractivity contribution >= 4 is 29.2 Å². The molecule has 0 bridgehead atoms. The molecule has 0 amide bonds. The molecule has 0 saturated carbocycles. The first kappa shape index (κ1) is 24.4. The van der Waals surface area contributed by atoms with Gasteiger partial charge in [-0.15, -0.1) is 0 Å². The van der Waals surface area contributed by atoms with Crippen LogP contribution in [0.25, 0.3) is 0 Å². The second kappa shape index (κ2) is 10.7. The molecule has 0 unspecified atom stereocenters. The summed E-state index contributed by atoms with van der Waals surface area (Å²) in [6.07, 6.45) is 4.26. The monoisotopic (exact) mass is 478 g/mol. The molecule has 2 N–H and O–H groups in total. The summed E-state index contributed by atoms with van der Waals surface area (Å²) >= 11 is 1.53. The van der Waals surface area contributed by atoms with Crippen molar-refractivity contribution in [2.24, 2.45) is 0 Å². The number of H-pyrrole nitrogens is 1. The molecular weight excluding hydrogens is 444 g/mol. The number of likely N-dealkylation sites (tertiary alicyclic amines) is 1. The lowest BCUT2D eigenvalue weighted by Gasteiger charge is -2.44. The van der Waals surface area contributed by atoms with Crippen molar-refractivity contribution < 1.29 is 4.79 Å². The van der Waals surface area contributed by atoms with Gasteiger partial charge in [-0.3, -0.25) is 14.8 Å². The molecule has 0 aliphatic carbocycles. The lowest BCUT2D eigenvalue weighted by Crippen LogP contribution is -2.51. The number of aromatic nitrogens is 4. The fraction of sp³-hybridized carbons (Fsp3) is 0.462. The van der Waals surface area contributed by atoms with Gasteiger partial charge in [0.25, 0.3) is 0 Å². The number of carbonyl (C=O) groups excluding carboxylic acids is 1. The topological polar surface area (TPSA) is 86.8 Å². The molecule has 4 rings (SSSR count). The number of hydrogen-bond acceptors (Lipinski definition) is 7. The normalized spacial score (nSPS) is 14.1. The second-order valence-corrected chi connectivity index (χ2v) is 10.6. The summed E-state index contributed by atoms with van der Waals surface area (Å²) < 4.78 is 0. The molecule has 1 saturated heterocycles. The van der Waals surface area contributed by atoms with Gasteiger partial charge in [-0.2, -0.15) is 5.10 Å². The lowest BCUT2D eigenvalue weighted by atomic mass is 9.92. The number of aryl methyl sites for hydroxylation is 2. The summed E-state index contributed by atoms with van der Waals surface area (Å²) in [5.74, 6) is 1.73. The smallest absolute Gasteiger partial charge is 0.194 e. The van der Waals surface area contributed by atoms with Gasteiger partial charge in [0, 0.05) is 46.8 Å². The molecule has 0 radical (unpaired) electrons. The summed E-state index contributed by atoms with van der Waals surface area (Å²) in [6, 6.07) is 12.1. The van der Waals surface area contributed by atoms with Gasteiger partial charge in [0.2, 0.25) is 0 Å². The van der Waals surface area contributed by atoms with Crippen molar-refractivity contribution in [1.82, 2.24) is 25.1 Å². The van der Waals surface area contributed by atoms with Crippen LogP contribution >= 0.6 is 11.8 Å². The van der Waals surface area contributed by atoms with E-state index in [-0.39, 0.29) is 11.3 Å². The third-order valence-corrected chi connectivity index (χ3v) is 7.23. The summed E-state index contributed by atoms with van der Waals surface area (Å²) in [4.78, 5) is 25.0. The van der Waals surface area contributed by atoms with Gasteiger partial charge in [0.1, 0.15) is 11.6 Å². The van der Waals surface area contributed by atoms with E-state index in [9.17, 15) is 4.79 Å². The molecule has 2 aromatic heterocycles. The van der Waals surface area contributed by atoms with E-state index in [4.69, 9.17) is 9.97 Å². The van der Waals surface area contributed by atoms with E-state index >= 15 is 0 Å². The Morgan fingerprint density at radius 1 is 1.15 bits per heavy atom. The predicted molar refractivity (Wildman–Crippen MR) is 137 cm³/mol. The van der Waals surface area contributed by atoms with Crippen LogP contribution in [0.2, 0.25) is 0 Å². The van der Waals surface area contributed by atoms with Gasteiger partial charge >= 0.3 is 0 Å². The summed E-state index contributed by atoms with van der Waals surface area (Å²) in [7, 11) is 0. The Bertz CT molecular complexity index is 1120. The van der Waals surface area contributed by atoms with Crippen LogP contribution in [0.3, 0.4) is 0 Å². The maximum absolute atomic E-state index is 11.7. The largest absolute Gasteiger partial charge is 0.323 e. The standard InChI is InChI=1S/C26H34N6OS/c1-5-21(33)16-19-7-9-22(10-8-19)34-25-27-20(11-12-26(3,4)32-13-6-14-32)17-23(29-25)28-24-15-18(2)30-31-24/h7-10,15,17H,5-6,11-14,16H2,1-4H3,(H2,27,28,29,30,31). The molecule has 1 aromatic carbocycles. The Morgan fingerprint density at radius 2 is 1.91 bits per heavy atom. The molecule has 34 heavy (non-hydrogen) atoms. The van der Waals surface area contributed by atoms with Crippen molar-refractivity contribution in [2.45, 2.75) is 75.4 Å². The maximum atomic E-state index is 11.7. The number of rotatable bonds is 11. The SMILES string of the molecule is CCC(=O)Cc1ccc(Sc2nc(CCC(C)(C)N3CCC3)cc(Nc3cc(C)[nH]n3)n2)cc1. The third kappa shape index (κ3) is 6.45. The molecule has 7 nitrogen and oxygen atoms in total. The molecule has 3 aromatic rings. The van der Waals surface area contributed by atoms with Crippen molar-refractivity contribution in [1.29, 1.82) is 0 Å². The highest BCUT2D eigenvalue weighted by Crippen LogP contribution is 2.29. The highest BCUT2D eigenvalue weighted by atomic mass is 32.2. The van der Waals surface area contributed by atoms with Crippen molar-refractivity contribution in [2.75, 3.05) is 18.4 Å². The van der Waals surface area contributed by atoms with Crippen molar-refractivity contribution in [3.05, 3.63) is 53.3 Å². The zero-order chi connectivity index (χ0) is 24.1. The fourth-order valence-electron chi connectivity index (χ4n) is 3.97. The predicted octanol–water partition coefficient (Wildman–Crippen LogP) is 5.34. The Kier molecular flexibility index (Phi) is 7.68. The van der Waals surface area contributed by atoms with Crippen LogP contribution in [-0.4, -0.2) is 49.5 Å². The second-order valence-electron chi connectivity index (χ2n) is 9.56. The molecule has 8 heteroatoms. The van der Waals surface area contributed by atoms with Gasteiger partial charge in [0.15, 0.2) is 11.0 Å². The highest BCUT2D eigenvalue weighted by Gasteiger charge is 2.30. The number of carbonyl (C=O) groups is 1. The third-order valence-electron chi connectivity index (χ3n) is 6.35. The summed E-state index contributed by atoms with van der Waals surface area (Å²) in [6.45, 7) is 10.9. The Hall–Kier alpha value is -2.71. The first-order chi connectivity index (χ1) is 16.3. The van der Waals surface area contributed by atoms with Crippen LogP contribution in [0.15, 0.2) is 46.5 Å². The summed E-state index contributed by atoms with van der Waals surface area (Å²) in [5.41, 5.74) is 3.21.